The van der Waals surface area contributed by atoms with Gasteiger partial charge in [0, 0.05) is 0 Å². The molecular weight excluding hydrogens is 74.9 g/mol. The lowest BCUT2D eigenvalue weighted by Crippen LogP contribution is -1.99. The van der Waals surface area contributed by atoms with Crippen LogP contribution in [0.25, 0.3) is 0 Å². The Morgan fingerprint density at radius 3 is 1.17 bits per heavy atom. The molecule has 0 aliphatic carbocycles. The van der Waals surface area contributed by atoms with Crippen LogP contribution in [0.5, 0.6) is 0 Å². The molecule has 2 nitrogen and oxygen atoms in total. The zero-order valence-electron chi connectivity index (χ0n) is 5.02. The summed E-state index contributed by atoms with van der Waals surface area (Å²) in [7, 11) is 7.50. The summed E-state index contributed by atoms with van der Waals surface area (Å²) >= 11 is 0. The molecule has 0 bridgehead atoms. The van der Waals surface area contributed by atoms with Gasteiger partial charge in [-0.05, 0) is 21.1 Å². The van der Waals surface area contributed by atoms with Crippen LogP contribution < -0.4 is 5.64 Å². The summed E-state index contributed by atoms with van der Waals surface area (Å²) in [5, 5.41) is 0. The number of nitrogens with zero attached hydrogens (tertiary/aromatic N) is 1. The van der Waals surface area contributed by atoms with Gasteiger partial charge >= 0.3 is 0 Å². The van der Waals surface area contributed by atoms with Crippen LogP contribution in [0.1, 0.15) is 0 Å². The van der Waals surface area contributed by atoms with E-state index in [1.54, 1.807) is 0 Å². The monoisotopic (exact) mass is 88.1 g/mol. The van der Waals surface area contributed by atoms with Crippen molar-refractivity contribution in [1.82, 2.24) is 4.90 Å². The Bertz CT molecular complexity index is 13.5. The fourth-order valence-electron chi connectivity index (χ4n) is 0. The highest BCUT2D eigenvalue weighted by Gasteiger charge is 1.58. The number of hydrogen-bond donors (Lipinski definition) is 1. The highest BCUT2D eigenvalue weighted by molar-refractivity contribution is 6.02. The van der Waals surface area contributed by atoms with Gasteiger partial charge in [0.25, 0.3) is 0 Å². The van der Waals surface area contributed by atoms with Crippen molar-refractivity contribution in [2.75, 3.05) is 21.1 Å². The number of rotatable bonds is 0. The smallest absolute Gasteiger partial charge is 0.178 e. The standard InChI is InChI=1S/C3H9N.BH4N/c1-4(2)3;1-2/h1-3H3;1-2H2. The summed E-state index contributed by atoms with van der Waals surface area (Å²) in [6, 6.07) is 0. The van der Waals surface area contributed by atoms with Crippen LogP contribution in [0.4, 0.5) is 0 Å². The lowest BCUT2D eigenvalue weighted by molar-refractivity contribution is 0.505. The first kappa shape index (κ1) is 9.37. The van der Waals surface area contributed by atoms with E-state index >= 15 is 0 Å². The third-order valence-electron chi connectivity index (χ3n) is 0. The summed E-state index contributed by atoms with van der Waals surface area (Å²) in [5.74, 6) is 0. The molecule has 0 amide bonds. The molecule has 0 spiro atoms. The molecule has 0 aliphatic rings. The molecule has 0 heterocycles. The van der Waals surface area contributed by atoms with Gasteiger partial charge in [0.1, 0.15) is 0 Å². The molecule has 0 radical (unpaired) electrons. The van der Waals surface area contributed by atoms with Crippen LogP contribution >= 0.6 is 0 Å². The van der Waals surface area contributed by atoms with Gasteiger partial charge in [-0.3, -0.25) is 0 Å². The van der Waals surface area contributed by atoms with Crippen molar-refractivity contribution in [3.63, 3.8) is 0 Å². The second-order valence-corrected chi connectivity index (χ2v) is 1.34. The highest BCUT2D eigenvalue weighted by Crippen LogP contribution is 1.47. The van der Waals surface area contributed by atoms with Gasteiger partial charge in [0.15, 0.2) is 7.98 Å². The van der Waals surface area contributed by atoms with Crippen LogP contribution in [0, 0.1) is 0 Å². The lowest BCUT2D eigenvalue weighted by Gasteiger charge is -1.90. The molecule has 0 aromatic heterocycles. The third-order valence-corrected chi connectivity index (χ3v) is 0. The van der Waals surface area contributed by atoms with Crippen molar-refractivity contribution >= 4 is 7.98 Å². The van der Waals surface area contributed by atoms with Crippen molar-refractivity contribution in [3.05, 3.63) is 0 Å². The molecule has 3 heteroatoms. The van der Waals surface area contributed by atoms with Gasteiger partial charge in [-0.25, -0.2) is 0 Å². The molecule has 2 N–H and O–H groups in total. The quantitative estimate of drug-likeness (QED) is 0.372. The zero-order valence-corrected chi connectivity index (χ0v) is 5.02. The molecule has 0 aromatic rings. The predicted molar refractivity (Wildman–Crippen MR) is 32.3 cm³/mol. The normalized spacial score (nSPS) is 6.83. The summed E-state index contributed by atoms with van der Waals surface area (Å²) in [4.78, 5) is 2.00. The molecule has 0 rings (SSSR count). The highest BCUT2D eigenvalue weighted by atomic mass is 15.0. The third kappa shape index (κ3) is 156000. The zero-order chi connectivity index (χ0) is 5.58. The maximum absolute atomic E-state index is 4.50. The summed E-state index contributed by atoms with van der Waals surface area (Å²) in [6.45, 7) is 0. The Morgan fingerprint density at radius 1 is 1.17 bits per heavy atom. The van der Waals surface area contributed by atoms with Crippen LogP contribution in [-0.4, -0.2) is 34.0 Å². The van der Waals surface area contributed by atoms with Gasteiger partial charge in [-0.1, -0.05) is 0 Å². The fraction of sp³-hybridized carbons (Fsp3) is 1.00. The second-order valence-electron chi connectivity index (χ2n) is 1.34. The van der Waals surface area contributed by atoms with Crippen LogP contribution in [-0.2, 0) is 0 Å². The molecule has 38 valence electrons. The van der Waals surface area contributed by atoms with E-state index < -0.39 is 0 Å². The molecular formula is C3H13BN2. The van der Waals surface area contributed by atoms with Gasteiger partial charge in [0.2, 0.25) is 0 Å². The second kappa shape index (κ2) is 8.88. The van der Waals surface area contributed by atoms with Crippen molar-refractivity contribution in [3.8, 4) is 0 Å². The van der Waals surface area contributed by atoms with Gasteiger partial charge in [-0.2, -0.15) is 0 Å². The van der Waals surface area contributed by atoms with E-state index in [4.69, 9.17) is 0 Å². The minimum Gasteiger partial charge on any atom is -0.376 e. The molecule has 0 aromatic carbocycles. The number of nitrogens with two attached hydrogens (primary N) is 1. The first-order valence-electron chi connectivity index (χ1n) is 1.92. The van der Waals surface area contributed by atoms with Crippen molar-refractivity contribution < 1.29 is 0 Å². The van der Waals surface area contributed by atoms with Crippen molar-refractivity contribution in [2.45, 2.75) is 0 Å². The average Bonchev–Trinajstić information content (AvgIpc) is 1.41. The van der Waals surface area contributed by atoms with Crippen LogP contribution in [0.15, 0.2) is 0 Å². The fourth-order valence-corrected chi connectivity index (χ4v) is 0. The van der Waals surface area contributed by atoms with Crippen molar-refractivity contribution in [1.29, 1.82) is 0 Å². The Kier molecular flexibility index (Phi) is 13.9. The van der Waals surface area contributed by atoms with Gasteiger partial charge in [-0.15, -0.1) is 0 Å². The van der Waals surface area contributed by atoms with Crippen molar-refractivity contribution in [2.24, 2.45) is 5.64 Å². The Labute approximate surface area is 40.7 Å². The topological polar surface area (TPSA) is 29.3 Å². The SMILES string of the molecule is BN.CN(C)C. The molecule has 0 saturated heterocycles. The minimum absolute atomic E-state index is 1.50. The van der Waals surface area contributed by atoms with E-state index in [0.717, 1.165) is 0 Å². The average molecular weight is 88.0 g/mol. The van der Waals surface area contributed by atoms with Crippen LogP contribution in [0.2, 0.25) is 0 Å². The summed E-state index contributed by atoms with van der Waals surface area (Å²) < 4.78 is 0. The van der Waals surface area contributed by atoms with E-state index in [-0.39, 0.29) is 0 Å². The minimum atomic E-state index is 1.50. The lowest BCUT2D eigenvalue weighted by atomic mass is 10.5. The van der Waals surface area contributed by atoms with E-state index in [1.807, 2.05) is 26.0 Å². The van der Waals surface area contributed by atoms with E-state index in [1.165, 1.54) is 7.98 Å². The molecule has 0 aliphatic heterocycles. The summed E-state index contributed by atoms with van der Waals surface area (Å²) in [5.41, 5.74) is 4.50. The Hall–Kier alpha value is -0.0151. The first-order valence-corrected chi connectivity index (χ1v) is 1.92. The maximum atomic E-state index is 4.50. The largest absolute Gasteiger partial charge is 0.376 e. The molecule has 6 heavy (non-hydrogen) atoms. The van der Waals surface area contributed by atoms with Crippen LogP contribution in [0.3, 0.4) is 0 Å². The Morgan fingerprint density at radius 2 is 1.17 bits per heavy atom. The number of hydrogen-bond acceptors (Lipinski definition) is 2. The predicted octanol–water partition coefficient (Wildman–Crippen LogP) is -1.33. The van der Waals surface area contributed by atoms with Gasteiger partial charge < -0.3 is 10.5 Å². The van der Waals surface area contributed by atoms with E-state index in [2.05, 4.69) is 5.64 Å². The van der Waals surface area contributed by atoms with E-state index in [9.17, 15) is 0 Å². The molecule has 0 saturated carbocycles. The Balaban J connectivity index is 0. The summed E-state index contributed by atoms with van der Waals surface area (Å²) in [6.07, 6.45) is 0. The molecule has 0 fully saturated rings. The van der Waals surface area contributed by atoms with E-state index in [0.29, 0.717) is 0 Å². The first-order chi connectivity index (χ1) is 2.73. The maximum Gasteiger partial charge on any atom is 0.178 e. The molecule has 0 atom stereocenters. The molecule has 0 unspecified atom stereocenters. The van der Waals surface area contributed by atoms with Gasteiger partial charge in [0.05, 0.1) is 0 Å².